The molecule has 0 amide bonds. The first-order valence-corrected chi connectivity index (χ1v) is 12.5. The predicted molar refractivity (Wildman–Crippen MR) is 131 cm³/mol. The Bertz CT molecular complexity index is 1210. The first kappa shape index (κ1) is 22.4. The third-order valence-electron chi connectivity index (χ3n) is 7.68. The molecule has 180 valence electrons. The Hall–Kier alpha value is -2.07. The van der Waals surface area contributed by atoms with Crippen molar-refractivity contribution in [3.8, 4) is 5.82 Å². The molecule has 3 aromatic rings. The minimum Gasteiger partial charge on any atom is -0.393 e. The van der Waals surface area contributed by atoms with Crippen molar-refractivity contribution in [1.29, 1.82) is 0 Å². The molecular weight excluding hydrogens is 453 g/mol. The summed E-state index contributed by atoms with van der Waals surface area (Å²) in [7, 11) is 0. The van der Waals surface area contributed by atoms with E-state index >= 15 is 4.39 Å². The van der Waals surface area contributed by atoms with Gasteiger partial charge in [-0.3, -0.25) is 4.90 Å². The van der Waals surface area contributed by atoms with E-state index in [9.17, 15) is 5.11 Å². The van der Waals surface area contributed by atoms with E-state index in [1.54, 1.807) is 0 Å². The van der Waals surface area contributed by atoms with E-state index in [1.165, 1.54) is 0 Å². The number of hydrogen-bond acceptors (Lipinski definition) is 7. The molecule has 1 aromatic carbocycles. The number of fused-ring (bicyclic) bond motifs is 1. The molecule has 4 heterocycles. The summed E-state index contributed by atoms with van der Waals surface area (Å²) in [6.45, 7) is 6.45. The Morgan fingerprint density at radius 3 is 2.59 bits per heavy atom. The highest BCUT2D eigenvalue weighted by Gasteiger charge is 2.41. The molecule has 3 fully saturated rings. The molecule has 0 spiro atoms. The normalized spacial score (nSPS) is 30.3. The largest absolute Gasteiger partial charge is 0.393 e. The number of hydrogen-bond donors (Lipinski definition) is 2. The van der Waals surface area contributed by atoms with E-state index in [-0.39, 0.29) is 23.2 Å². The van der Waals surface area contributed by atoms with Gasteiger partial charge in [0.15, 0.2) is 5.82 Å². The van der Waals surface area contributed by atoms with Crippen LogP contribution in [0.5, 0.6) is 0 Å². The summed E-state index contributed by atoms with van der Waals surface area (Å²) in [5.41, 5.74) is 3.89. The second-order valence-corrected chi connectivity index (χ2v) is 10.8. The van der Waals surface area contributed by atoms with Gasteiger partial charge in [0.25, 0.3) is 0 Å². The van der Waals surface area contributed by atoms with Gasteiger partial charge in [-0.05, 0) is 49.9 Å². The van der Waals surface area contributed by atoms with Gasteiger partial charge in [0.2, 0.25) is 0 Å². The third-order valence-corrected chi connectivity index (χ3v) is 8.16. The molecule has 0 radical (unpaired) electrons. The number of halogens is 1. The average Bonchev–Trinajstić information content (AvgIpc) is 3.12. The molecule has 6 rings (SSSR count). The molecule has 2 aliphatic heterocycles. The van der Waals surface area contributed by atoms with Crippen LogP contribution in [-0.4, -0.2) is 79.6 Å². The lowest BCUT2D eigenvalue weighted by Crippen LogP contribution is -2.57. The molecule has 1 aliphatic carbocycles. The van der Waals surface area contributed by atoms with Crippen molar-refractivity contribution in [1.82, 2.24) is 24.6 Å². The van der Waals surface area contributed by atoms with Crippen LogP contribution in [0.3, 0.4) is 0 Å². The smallest absolute Gasteiger partial charge is 0.157 e. The topological polar surface area (TPSA) is 76.3 Å². The Kier molecular flexibility index (Phi) is 5.63. The van der Waals surface area contributed by atoms with E-state index in [4.69, 9.17) is 17.4 Å². The van der Waals surface area contributed by atoms with Crippen molar-refractivity contribution >= 4 is 23.5 Å². The Labute approximate surface area is 203 Å². The number of likely N-dealkylation sites (tertiary alicyclic amines) is 1. The fourth-order valence-corrected chi connectivity index (χ4v) is 6.17. The zero-order valence-corrected chi connectivity index (χ0v) is 20.3. The summed E-state index contributed by atoms with van der Waals surface area (Å²) < 4.78 is 22.7. The van der Waals surface area contributed by atoms with Gasteiger partial charge in [0.05, 0.1) is 37.1 Å². The first-order chi connectivity index (χ1) is 16.4. The summed E-state index contributed by atoms with van der Waals surface area (Å²) in [4.78, 5) is 11.4. The first-order valence-electron chi connectivity index (χ1n) is 12.0. The second kappa shape index (κ2) is 8.55. The second-order valence-electron chi connectivity index (χ2n) is 10.1. The van der Waals surface area contributed by atoms with Crippen molar-refractivity contribution in [3.05, 3.63) is 47.0 Å². The maximum Gasteiger partial charge on any atom is 0.157 e. The molecule has 3 aliphatic rings. The van der Waals surface area contributed by atoms with Gasteiger partial charge in [-0.1, -0.05) is 0 Å². The minimum atomic E-state index is -0.998. The van der Waals surface area contributed by atoms with Gasteiger partial charge < -0.3 is 9.84 Å². The lowest BCUT2D eigenvalue weighted by Gasteiger charge is -2.45. The van der Waals surface area contributed by atoms with Crippen LogP contribution in [0.4, 0.5) is 4.39 Å². The highest BCUT2D eigenvalue weighted by Crippen LogP contribution is 2.39. The summed E-state index contributed by atoms with van der Waals surface area (Å²) in [5.74, 6) is 1.34. The van der Waals surface area contributed by atoms with Crippen molar-refractivity contribution in [2.24, 2.45) is 0 Å². The van der Waals surface area contributed by atoms with E-state index in [1.807, 2.05) is 30.8 Å². The lowest BCUT2D eigenvalue weighted by atomic mass is 9.80. The van der Waals surface area contributed by atoms with Gasteiger partial charge in [0, 0.05) is 47.3 Å². The summed E-state index contributed by atoms with van der Waals surface area (Å²) in [6, 6.07) is 6.44. The molecule has 3 atom stereocenters. The van der Waals surface area contributed by atoms with Crippen molar-refractivity contribution in [3.63, 3.8) is 0 Å². The number of aliphatic hydroxyl groups is 1. The summed E-state index contributed by atoms with van der Waals surface area (Å²) in [6.07, 6.45) is 2.05. The van der Waals surface area contributed by atoms with Crippen LogP contribution >= 0.6 is 12.6 Å². The van der Waals surface area contributed by atoms with E-state index < -0.39 is 6.17 Å². The zero-order valence-electron chi connectivity index (χ0n) is 19.4. The molecular formula is C25H30FN5O2S. The number of thiol groups is 1. The number of aryl methyl sites for hydroxylation is 2. The quantitative estimate of drug-likeness (QED) is 0.556. The average molecular weight is 484 g/mol. The maximum atomic E-state index is 15.6. The van der Waals surface area contributed by atoms with Crippen molar-refractivity contribution < 1.29 is 14.2 Å². The van der Waals surface area contributed by atoms with E-state index in [0.717, 1.165) is 47.1 Å². The minimum absolute atomic E-state index is 0.102. The number of nitrogens with zero attached hydrogens (tertiary/aromatic N) is 5. The Balaban J connectivity index is 1.36. The van der Waals surface area contributed by atoms with Crippen LogP contribution in [0.1, 0.15) is 47.3 Å². The molecule has 9 heteroatoms. The zero-order chi connectivity index (χ0) is 23.6. The third kappa shape index (κ3) is 3.82. The molecule has 1 N–H and O–H groups in total. The van der Waals surface area contributed by atoms with Crippen LogP contribution in [0.2, 0.25) is 0 Å². The Morgan fingerprint density at radius 2 is 1.91 bits per heavy atom. The van der Waals surface area contributed by atoms with Crippen LogP contribution in [0.15, 0.2) is 24.4 Å². The Morgan fingerprint density at radius 1 is 1.12 bits per heavy atom. The summed E-state index contributed by atoms with van der Waals surface area (Å²) >= 11 is 4.85. The monoisotopic (exact) mass is 483 g/mol. The van der Waals surface area contributed by atoms with E-state index in [2.05, 4.69) is 32.1 Å². The fraction of sp³-hybridized carbons (Fsp3) is 0.560. The molecule has 0 bridgehead atoms. The van der Waals surface area contributed by atoms with Gasteiger partial charge in [-0.15, -0.1) is 0 Å². The molecule has 1 saturated carbocycles. The molecule has 34 heavy (non-hydrogen) atoms. The van der Waals surface area contributed by atoms with Crippen molar-refractivity contribution in [2.45, 2.75) is 62.1 Å². The van der Waals surface area contributed by atoms with Crippen LogP contribution in [-0.2, 0) is 4.74 Å². The number of aromatic nitrogens is 4. The number of benzene rings is 1. The predicted octanol–water partition coefficient (Wildman–Crippen LogP) is 3.11. The fourth-order valence-electron chi connectivity index (χ4n) is 5.61. The number of aliphatic hydroxyl groups excluding tert-OH is 1. The summed E-state index contributed by atoms with van der Waals surface area (Å²) in [5, 5.41) is 15.2. The van der Waals surface area contributed by atoms with Crippen LogP contribution in [0.25, 0.3) is 16.7 Å². The number of alkyl halides is 1. The number of ether oxygens (including phenoxy) is 1. The van der Waals surface area contributed by atoms with Crippen LogP contribution in [0, 0.1) is 13.8 Å². The standard InChI is InChI=1S/C25H30FN5O2S/c1-13-3-16-8-27-31(24-7-21(28-14(2)29-24)15-4-18(32)5-15)22(16)6-19(13)25-20(26)9-30(10-23(25)34)17-11-33-12-17/h3,6-8,15,17-18,20,23,25,32,34H,4-5,9-12H2,1-2H3/t15?,18?,20?,23-,25?/m1/s1. The number of rotatable bonds is 4. The number of piperidine rings is 1. The van der Waals surface area contributed by atoms with Gasteiger partial charge in [0.1, 0.15) is 12.0 Å². The molecule has 7 nitrogen and oxygen atoms in total. The maximum absolute atomic E-state index is 15.6. The lowest BCUT2D eigenvalue weighted by molar-refractivity contribution is -0.0795. The van der Waals surface area contributed by atoms with Gasteiger partial charge in [-0.25, -0.2) is 19.0 Å². The molecule has 2 aromatic heterocycles. The van der Waals surface area contributed by atoms with Gasteiger partial charge in [-0.2, -0.15) is 17.7 Å². The molecule has 2 unspecified atom stereocenters. The highest BCUT2D eigenvalue weighted by atomic mass is 32.1. The van der Waals surface area contributed by atoms with Crippen LogP contribution < -0.4 is 0 Å². The SMILES string of the molecule is Cc1nc(C2CC(O)C2)cc(-n2ncc3cc(C)c(C4C(F)CN(C5COC5)C[C@H]4S)cc32)n1. The van der Waals surface area contributed by atoms with E-state index in [0.29, 0.717) is 37.4 Å². The molecule has 2 saturated heterocycles. The highest BCUT2D eigenvalue weighted by molar-refractivity contribution is 7.81. The van der Waals surface area contributed by atoms with Crippen molar-refractivity contribution in [2.75, 3.05) is 26.3 Å². The van der Waals surface area contributed by atoms with Gasteiger partial charge >= 0.3 is 0 Å².